The lowest BCUT2D eigenvalue weighted by molar-refractivity contribution is 0.103. The number of aryl methyl sites for hydroxylation is 1. The molecule has 1 fully saturated rings. The van der Waals surface area contributed by atoms with Crippen LogP contribution in [0, 0.1) is 13.8 Å². The van der Waals surface area contributed by atoms with Crippen LogP contribution < -0.4 is 10.1 Å². The van der Waals surface area contributed by atoms with Crippen LogP contribution in [0.3, 0.4) is 0 Å². The number of H-pyrrole nitrogens is 1. The van der Waals surface area contributed by atoms with Crippen LogP contribution in [0.5, 0.6) is 5.75 Å². The van der Waals surface area contributed by atoms with E-state index in [0.29, 0.717) is 44.7 Å². The molecule has 0 aliphatic heterocycles. The minimum Gasteiger partial charge on any atom is -0.491 e. The Morgan fingerprint density at radius 1 is 1.32 bits per heavy atom. The molecule has 0 radical (unpaired) electrons. The number of nitrogens with one attached hydrogen (secondary N) is 2. The third kappa shape index (κ3) is 4.48. The number of benzene rings is 1. The Kier molecular flexibility index (Phi) is 5.81. The van der Waals surface area contributed by atoms with Crippen molar-refractivity contribution in [1.82, 2.24) is 20.5 Å². The van der Waals surface area contributed by atoms with Gasteiger partial charge in [-0.05, 0) is 66.4 Å². The SMILES string of the molecule is Cc1[nH]c(-c2nnc(C3CC3)o2)c(C)c1C(=O)c1ccc(OCCNC(=O)O)c(Br)c1. The van der Waals surface area contributed by atoms with E-state index >= 15 is 0 Å². The van der Waals surface area contributed by atoms with E-state index in [-0.39, 0.29) is 18.9 Å². The minimum absolute atomic E-state index is 0.140. The van der Waals surface area contributed by atoms with Gasteiger partial charge in [-0.15, -0.1) is 10.2 Å². The number of hydrogen-bond donors (Lipinski definition) is 3. The van der Waals surface area contributed by atoms with Gasteiger partial charge in [0.15, 0.2) is 5.78 Å². The summed E-state index contributed by atoms with van der Waals surface area (Å²) in [5, 5.41) is 19.1. The molecule has 0 unspecified atom stereocenters. The van der Waals surface area contributed by atoms with Gasteiger partial charge in [-0.25, -0.2) is 4.79 Å². The van der Waals surface area contributed by atoms with Crippen molar-refractivity contribution in [2.45, 2.75) is 32.6 Å². The van der Waals surface area contributed by atoms with Crippen molar-refractivity contribution >= 4 is 27.8 Å². The maximum absolute atomic E-state index is 13.2. The smallest absolute Gasteiger partial charge is 0.404 e. The molecule has 1 aliphatic carbocycles. The van der Waals surface area contributed by atoms with Gasteiger partial charge in [-0.1, -0.05) is 0 Å². The number of ketones is 1. The summed E-state index contributed by atoms with van der Waals surface area (Å²) in [5.74, 6) is 1.77. The van der Waals surface area contributed by atoms with Gasteiger partial charge in [0.1, 0.15) is 18.1 Å². The molecule has 1 aliphatic rings. The molecule has 162 valence electrons. The normalized spacial score (nSPS) is 13.3. The fraction of sp³-hybridized carbons (Fsp3) is 0.333. The van der Waals surface area contributed by atoms with Crippen LogP contribution in [-0.4, -0.2) is 45.3 Å². The van der Waals surface area contributed by atoms with Crippen LogP contribution in [0.25, 0.3) is 11.6 Å². The largest absolute Gasteiger partial charge is 0.491 e. The summed E-state index contributed by atoms with van der Waals surface area (Å²) in [6, 6.07) is 5.04. The number of halogens is 1. The molecule has 1 amide bonds. The Labute approximate surface area is 186 Å². The number of carboxylic acid groups (broad SMARTS) is 1. The van der Waals surface area contributed by atoms with Crippen LogP contribution in [0.1, 0.15) is 51.8 Å². The van der Waals surface area contributed by atoms with Crippen LogP contribution >= 0.6 is 15.9 Å². The fourth-order valence-electron chi connectivity index (χ4n) is 3.36. The average Bonchev–Trinajstić information content (AvgIpc) is 3.39. The topological polar surface area (TPSA) is 130 Å². The van der Waals surface area contributed by atoms with Gasteiger partial charge in [-0.2, -0.15) is 0 Å². The molecule has 2 heterocycles. The highest BCUT2D eigenvalue weighted by atomic mass is 79.9. The number of amides is 1. The van der Waals surface area contributed by atoms with E-state index in [9.17, 15) is 9.59 Å². The summed E-state index contributed by atoms with van der Waals surface area (Å²) in [5.41, 5.74) is 3.19. The summed E-state index contributed by atoms with van der Waals surface area (Å²) >= 11 is 3.42. The molecule has 2 aromatic heterocycles. The minimum atomic E-state index is -1.11. The van der Waals surface area contributed by atoms with E-state index < -0.39 is 6.09 Å². The van der Waals surface area contributed by atoms with Gasteiger partial charge in [0.05, 0.1) is 11.0 Å². The summed E-state index contributed by atoms with van der Waals surface area (Å²) in [6.07, 6.45) is 1.03. The standard InChI is InChI=1S/C21H21BrN4O5/c1-10-16(11(2)24-17(10)20-26-25-19(31-20)12-3-4-12)18(27)13-5-6-15(14(22)9-13)30-8-7-23-21(28)29/h5-6,9,12,23-24H,3-4,7-8H2,1-2H3,(H,28,29). The Balaban J connectivity index is 1.53. The molecule has 9 nitrogen and oxygen atoms in total. The Morgan fingerprint density at radius 3 is 2.77 bits per heavy atom. The summed E-state index contributed by atoms with van der Waals surface area (Å²) < 4.78 is 11.9. The molecule has 31 heavy (non-hydrogen) atoms. The van der Waals surface area contributed by atoms with Gasteiger partial charge in [0.25, 0.3) is 5.89 Å². The second-order valence-corrected chi connectivity index (χ2v) is 8.25. The second-order valence-electron chi connectivity index (χ2n) is 7.40. The van der Waals surface area contributed by atoms with Gasteiger partial charge in [0, 0.05) is 22.7 Å². The van der Waals surface area contributed by atoms with Crippen molar-refractivity contribution in [1.29, 1.82) is 0 Å². The molecule has 1 aromatic carbocycles. The highest BCUT2D eigenvalue weighted by Gasteiger charge is 2.30. The first kappa shape index (κ1) is 21.1. The highest BCUT2D eigenvalue weighted by molar-refractivity contribution is 9.10. The third-order valence-corrected chi connectivity index (χ3v) is 5.70. The average molecular weight is 489 g/mol. The monoisotopic (exact) mass is 488 g/mol. The highest BCUT2D eigenvalue weighted by Crippen LogP contribution is 2.40. The molecule has 3 aromatic rings. The number of nitrogens with zero attached hydrogens (tertiary/aromatic N) is 2. The van der Waals surface area contributed by atoms with E-state index in [1.165, 1.54) is 0 Å². The molecule has 0 atom stereocenters. The van der Waals surface area contributed by atoms with Crippen LogP contribution in [0.4, 0.5) is 4.79 Å². The van der Waals surface area contributed by atoms with Gasteiger partial charge in [-0.3, -0.25) is 4.79 Å². The molecule has 1 saturated carbocycles. The summed E-state index contributed by atoms with van der Waals surface area (Å²) in [6.45, 7) is 4.02. The maximum Gasteiger partial charge on any atom is 0.404 e. The fourth-order valence-corrected chi connectivity index (χ4v) is 3.85. The van der Waals surface area contributed by atoms with Crippen molar-refractivity contribution in [2.75, 3.05) is 13.2 Å². The predicted octanol–water partition coefficient (Wildman–Crippen LogP) is 4.20. The van der Waals surface area contributed by atoms with E-state index in [2.05, 4.69) is 36.4 Å². The molecule has 0 saturated heterocycles. The van der Waals surface area contributed by atoms with E-state index in [1.807, 2.05) is 13.8 Å². The zero-order valence-corrected chi connectivity index (χ0v) is 18.6. The Morgan fingerprint density at radius 2 is 2.10 bits per heavy atom. The van der Waals surface area contributed by atoms with E-state index in [4.69, 9.17) is 14.3 Å². The molecule has 10 heteroatoms. The van der Waals surface area contributed by atoms with Crippen molar-refractivity contribution in [3.8, 4) is 17.3 Å². The van der Waals surface area contributed by atoms with E-state index in [0.717, 1.165) is 24.1 Å². The van der Waals surface area contributed by atoms with Gasteiger partial charge >= 0.3 is 6.09 Å². The molecular weight excluding hydrogens is 468 g/mol. The molecule has 0 bridgehead atoms. The number of rotatable bonds is 8. The third-order valence-electron chi connectivity index (χ3n) is 5.08. The molecule has 0 spiro atoms. The van der Waals surface area contributed by atoms with Gasteiger partial charge < -0.3 is 24.6 Å². The lowest BCUT2D eigenvalue weighted by atomic mass is 9.99. The number of carbonyl (C=O) groups is 2. The Hall–Kier alpha value is -3.14. The van der Waals surface area contributed by atoms with Crippen LogP contribution in [0.2, 0.25) is 0 Å². The van der Waals surface area contributed by atoms with Crippen molar-refractivity contribution in [3.05, 3.63) is 50.9 Å². The zero-order chi connectivity index (χ0) is 22.1. The lowest BCUT2D eigenvalue weighted by Crippen LogP contribution is -2.26. The van der Waals surface area contributed by atoms with Crippen molar-refractivity contribution in [2.24, 2.45) is 0 Å². The Bertz CT molecular complexity index is 1150. The maximum atomic E-state index is 13.2. The first-order valence-corrected chi connectivity index (χ1v) is 10.6. The second kappa shape index (κ2) is 8.54. The predicted molar refractivity (Wildman–Crippen MR) is 115 cm³/mol. The zero-order valence-electron chi connectivity index (χ0n) is 17.0. The molecule has 4 rings (SSSR count). The van der Waals surface area contributed by atoms with Crippen LogP contribution in [-0.2, 0) is 0 Å². The summed E-state index contributed by atoms with van der Waals surface area (Å²) in [4.78, 5) is 26.9. The first-order chi connectivity index (χ1) is 14.8. The van der Waals surface area contributed by atoms with E-state index in [1.54, 1.807) is 18.2 Å². The number of aromatic amines is 1. The summed E-state index contributed by atoms with van der Waals surface area (Å²) in [7, 11) is 0. The molecular formula is C21H21BrN4O5. The van der Waals surface area contributed by atoms with Crippen molar-refractivity contribution < 1.29 is 23.8 Å². The van der Waals surface area contributed by atoms with Gasteiger partial charge in [0.2, 0.25) is 5.89 Å². The molecule has 3 N–H and O–H groups in total. The number of aromatic nitrogens is 3. The first-order valence-electron chi connectivity index (χ1n) is 9.82. The quantitative estimate of drug-likeness (QED) is 0.319. The number of carbonyl (C=O) groups excluding carboxylic acids is 1. The number of ether oxygens (including phenoxy) is 1. The lowest BCUT2D eigenvalue weighted by Gasteiger charge is -2.10. The van der Waals surface area contributed by atoms with Crippen molar-refractivity contribution in [3.63, 3.8) is 0 Å². The number of hydrogen-bond acceptors (Lipinski definition) is 6. The van der Waals surface area contributed by atoms with Crippen LogP contribution in [0.15, 0.2) is 27.1 Å².